The van der Waals surface area contributed by atoms with Crippen LogP contribution in [-0.2, 0) is 23.1 Å². The monoisotopic (exact) mass is 228 g/mol. The number of aryl methyl sites for hydroxylation is 1. The summed E-state index contributed by atoms with van der Waals surface area (Å²) < 4.78 is 12.2. The van der Waals surface area contributed by atoms with E-state index in [4.69, 9.17) is 9.47 Å². The number of nitrogens with zero attached hydrogens (tertiary/aromatic N) is 3. The van der Waals surface area contributed by atoms with Gasteiger partial charge in [-0.1, -0.05) is 0 Å². The Morgan fingerprint density at radius 1 is 1.38 bits per heavy atom. The summed E-state index contributed by atoms with van der Waals surface area (Å²) in [4.78, 5) is 0. The summed E-state index contributed by atoms with van der Waals surface area (Å²) in [5, 5.41) is 11.3. The van der Waals surface area contributed by atoms with Crippen LogP contribution in [0, 0.1) is 6.92 Å². The smallest absolute Gasteiger partial charge is 0.146 e. The molecule has 1 aromatic heterocycles. The zero-order valence-electron chi connectivity index (χ0n) is 10.4. The number of hydrogen-bond donors (Lipinski definition) is 1. The van der Waals surface area contributed by atoms with Gasteiger partial charge in [-0.2, -0.15) is 0 Å². The fourth-order valence-corrected chi connectivity index (χ4v) is 1.35. The summed E-state index contributed by atoms with van der Waals surface area (Å²) in [5.41, 5.74) is 0. The summed E-state index contributed by atoms with van der Waals surface area (Å²) >= 11 is 0. The molecule has 6 heteroatoms. The molecule has 0 aliphatic heterocycles. The molecule has 0 spiro atoms. The van der Waals surface area contributed by atoms with Crippen molar-refractivity contribution < 1.29 is 9.47 Å². The minimum Gasteiger partial charge on any atom is -0.382 e. The second-order valence-corrected chi connectivity index (χ2v) is 3.67. The van der Waals surface area contributed by atoms with Gasteiger partial charge < -0.3 is 19.4 Å². The highest BCUT2D eigenvalue weighted by Crippen LogP contribution is 1.97. The van der Waals surface area contributed by atoms with Gasteiger partial charge in [0.15, 0.2) is 0 Å². The van der Waals surface area contributed by atoms with Crippen molar-refractivity contribution in [3.05, 3.63) is 11.6 Å². The van der Waals surface area contributed by atoms with E-state index in [0.29, 0.717) is 13.2 Å². The Labute approximate surface area is 96.0 Å². The van der Waals surface area contributed by atoms with E-state index >= 15 is 0 Å². The highest BCUT2D eigenvalue weighted by Gasteiger charge is 2.08. The number of methoxy groups -OCH3 is 2. The first-order chi connectivity index (χ1) is 7.69. The van der Waals surface area contributed by atoms with Crippen LogP contribution in [0.5, 0.6) is 0 Å². The first kappa shape index (κ1) is 13.1. The van der Waals surface area contributed by atoms with Crippen molar-refractivity contribution in [2.75, 3.05) is 27.4 Å². The van der Waals surface area contributed by atoms with Crippen LogP contribution in [0.4, 0.5) is 0 Å². The first-order valence-corrected chi connectivity index (χ1v) is 5.26. The van der Waals surface area contributed by atoms with Crippen molar-refractivity contribution >= 4 is 0 Å². The molecule has 0 bridgehead atoms. The molecule has 6 nitrogen and oxygen atoms in total. The lowest BCUT2D eigenvalue weighted by Crippen LogP contribution is -2.32. The molecule has 0 radical (unpaired) electrons. The number of aromatic nitrogens is 3. The Kier molecular flexibility index (Phi) is 5.37. The summed E-state index contributed by atoms with van der Waals surface area (Å²) in [6, 6.07) is 0. The van der Waals surface area contributed by atoms with E-state index in [2.05, 4.69) is 15.5 Å². The van der Waals surface area contributed by atoms with Gasteiger partial charge in [0.2, 0.25) is 0 Å². The van der Waals surface area contributed by atoms with Gasteiger partial charge in [-0.15, -0.1) is 10.2 Å². The molecule has 0 aliphatic carbocycles. The van der Waals surface area contributed by atoms with Crippen molar-refractivity contribution in [1.29, 1.82) is 0 Å². The van der Waals surface area contributed by atoms with Crippen LogP contribution in [0.2, 0.25) is 0 Å². The summed E-state index contributed by atoms with van der Waals surface area (Å²) in [5.74, 6) is 1.83. The summed E-state index contributed by atoms with van der Waals surface area (Å²) in [6.45, 7) is 3.93. The number of ether oxygens (including phenoxy) is 2. The number of rotatable bonds is 7. The van der Waals surface area contributed by atoms with Crippen molar-refractivity contribution in [2.24, 2.45) is 7.05 Å². The highest BCUT2D eigenvalue weighted by atomic mass is 16.5. The fraction of sp³-hybridized carbons (Fsp3) is 0.800. The van der Waals surface area contributed by atoms with Crippen LogP contribution < -0.4 is 5.32 Å². The lowest BCUT2D eigenvalue weighted by molar-refractivity contribution is 0.0286. The van der Waals surface area contributed by atoms with Gasteiger partial charge in [-0.3, -0.25) is 0 Å². The Morgan fingerprint density at radius 3 is 2.62 bits per heavy atom. The maximum Gasteiger partial charge on any atom is 0.146 e. The molecule has 1 heterocycles. The summed E-state index contributed by atoms with van der Waals surface area (Å²) in [6.07, 6.45) is 0.0688. The molecule has 1 rings (SSSR count). The molecule has 0 saturated carbocycles. The molecule has 0 saturated heterocycles. The first-order valence-electron chi connectivity index (χ1n) is 5.26. The van der Waals surface area contributed by atoms with Crippen molar-refractivity contribution in [3.8, 4) is 0 Å². The number of nitrogens with one attached hydrogen (secondary N) is 1. The third-order valence-corrected chi connectivity index (χ3v) is 2.52. The molecule has 0 aromatic carbocycles. The average Bonchev–Trinajstić information content (AvgIpc) is 2.59. The van der Waals surface area contributed by atoms with Gasteiger partial charge in [-0.25, -0.2) is 0 Å². The van der Waals surface area contributed by atoms with Crippen molar-refractivity contribution in [3.63, 3.8) is 0 Å². The fourth-order valence-electron chi connectivity index (χ4n) is 1.35. The number of hydrogen-bond acceptors (Lipinski definition) is 5. The van der Waals surface area contributed by atoms with Gasteiger partial charge in [0.05, 0.1) is 19.3 Å². The van der Waals surface area contributed by atoms with Gasteiger partial charge in [-0.05, 0) is 6.92 Å². The molecule has 0 amide bonds. The highest BCUT2D eigenvalue weighted by molar-refractivity contribution is 4.91. The average molecular weight is 228 g/mol. The molecule has 1 N–H and O–H groups in total. The van der Waals surface area contributed by atoms with Crippen LogP contribution in [0.15, 0.2) is 0 Å². The zero-order valence-corrected chi connectivity index (χ0v) is 10.4. The third-order valence-electron chi connectivity index (χ3n) is 2.52. The maximum atomic E-state index is 5.23. The van der Waals surface area contributed by atoms with E-state index in [9.17, 15) is 0 Å². The quantitative estimate of drug-likeness (QED) is 0.704. The molecular weight excluding hydrogens is 208 g/mol. The van der Waals surface area contributed by atoms with Gasteiger partial charge >= 0.3 is 0 Å². The van der Waals surface area contributed by atoms with E-state index in [0.717, 1.165) is 18.2 Å². The Hall–Kier alpha value is -0.980. The van der Waals surface area contributed by atoms with Gasteiger partial charge in [0, 0.05) is 27.8 Å². The van der Waals surface area contributed by atoms with Gasteiger partial charge in [0.1, 0.15) is 11.6 Å². The van der Waals surface area contributed by atoms with Crippen LogP contribution in [0.25, 0.3) is 0 Å². The second-order valence-electron chi connectivity index (χ2n) is 3.67. The molecule has 92 valence electrons. The topological polar surface area (TPSA) is 61.2 Å². The standard InChI is InChI=1S/C10H20N4O2/c1-8-12-13-10(14(8)2)6-11-5-9(16-4)7-15-3/h9,11H,5-7H2,1-4H3. The zero-order chi connectivity index (χ0) is 12.0. The van der Waals surface area contributed by atoms with Gasteiger partial charge in [0.25, 0.3) is 0 Å². The van der Waals surface area contributed by atoms with E-state index in [1.165, 1.54) is 0 Å². The molecule has 0 aliphatic rings. The van der Waals surface area contributed by atoms with Crippen LogP contribution in [0.1, 0.15) is 11.6 Å². The van der Waals surface area contributed by atoms with E-state index in [1.54, 1.807) is 14.2 Å². The summed E-state index contributed by atoms with van der Waals surface area (Å²) in [7, 11) is 5.30. The van der Waals surface area contributed by atoms with E-state index < -0.39 is 0 Å². The Morgan fingerprint density at radius 2 is 2.12 bits per heavy atom. The van der Waals surface area contributed by atoms with Crippen molar-refractivity contribution in [1.82, 2.24) is 20.1 Å². The van der Waals surface area contributed by atoms with Crippen LogP contribution >= 0.6 is 0 Å². The minimum absolute atomic E-state index is 0.0688. The maximum absolute atomic E-state index is 5.23. The molecule has 1 aromatic rings. The normalized spacial score (nSPS) is 13.0. The van der Waals surface area contributed by atoms with Crippen molar-refractivity contribution in [2.45, 2.75) is 19.6 Å². The molecule has 1 atom stereocenters. The molecule has 1 unspecified atom stereocenters. The van der Waals surface area contributed by atoms with E-state index in [1.807, 2.05) is 18.5 Å². The third kappa shape index (κ3) is 3.55. The predicted octanol–water partition coefficient (Wildman–Crippen LogP) is -0.125. The lowest BCUT2D eigenvalue weighted by Gasteiger charge is -2.14. The van der Waals surface area contributed by atoms with Crippen LogP contribution in [-0.4, -0.2) is 48.2 Å². The molecular formula is C10H20N4O2. The second kappa shape index (κ2) is 6.57. The Balaban J connectivity index is 2.32. The lowest BCUT2D eigenvalue weighted by atomic mass is 10.3. The minimum atomic E-state index is 0.0688. The predicted molar refractivity (Wildman–Crippen MR) is 60.1 cm³/mol. The largest absolute Gasteiger partial charge is 0.382 e. The Bertz CT molecular complexity index is 314. The SMILES string of the molecule is COCC(CNCc1nnc(C)n1C)OC. The van der Waals surface area contributed by atoms with Crippen LogP contribution in [0.3, 0.4) is 0 Å². The molecule has 16 heavy (non-hydrogen) atoms. The molecule has 0 fully saturated rings. The van der Waals surface area contributed by atoms with E-state index in [-0.39, 0.29) is 6.10 Å².